The standard InChI is InChI=1S/C19H21FN2O3/c20-16-5-3-14(4-6-16)19(24)15-7-9-22(10-8-15)13-18(23)21-12-17-2-1-11-25-17/h1-6,11,15H,7-10,12-13H2,(H,21,23). The monoisotopic (exact) mass is 344 g/mol. The van der Waals surface area contributed by atoms with E-state index in [0.717, 1.165) is 5.76 Å². The number of amides is 1. The highest BCUT2D eigenvalue weighted by Crippen LogP contribution is 2.21. The molecule has 1 N–H and O–H groups in total. The Bertz CT molecular complexity index is 705. The Labute approximate surface area is 145 Å². The van der Waals surface area contributed by atoms with Crippen LogP contribution in [0.4, 0.5) is 4.39 Å². The van der Waals surface area contributed by atoms with Gasteiger partial charge in [0, 0.05) is 11.5 Å². The van der Waals surface area contributed by atoms with Gasteiger partial charge in [0.2, 0.25) is 5.91 Å². The normalized spacial score (nSPS) is 15.9. The molecule has 0 saturated carbocycles. The van der Waals surface area contributed by atoms with Crippen LogP contribution in [0.3, 0.4) is 0 Å². The van der Waals surface area contributed by atoms with E-state index < -0.39 is 0 Å². The van der Waals surface area contributed by atoms with Gasteiger partial charge in [0.05, 0.1) is 19.4 Å². The Hall–Kier alpha value is -2.47. The molecule has 0 unspecified atom stereocenters. The maximum Gasteiger partial charge on any atom is 0.234 e. The van der Waals surface area contributed by atoms with Gasteiger partial charge in [0.25, 0.3) is 0 Å². The number of rotatable bonds is 6. The number of carbonyl (C=O) groups is 2. The highest BCUT2D eigenvalue weighted by atomic mass is 19.1. The average molecular weight is 344 g/mol. The van der Waals surface area contributed by atoms with E-state index in [9.17, 15) is 14.0 Å². The van der Waals surface area contributed by atoms with Crippen molar-refractivity contribution in [1.29, 1.82) is 0 Å². The zero-order chi connectivity index (χ0) is 17.6. The van der Waals surface area contributed by atoms with E-state index in [1.165, 1.54) is 24.3 Å². The minimum absolute atomic E-state index is 0.0558. The van der Waals surface area contributed by atoms with E-state index >= 15 is 0 Å². The van der Waals surface area contributed by atoms with E-state index in [2.05, 4.69) is 5.32 Å². The highest BCUT2D eigenvalue weighted by molar-refractivity contribution is 5.97. The molecule has 1 aliphatic heterocycles. The van der Waals surface area contributed by atoms with Crippen LogP contribution in [-0.2, 0) is 11.3 Å². The fourth-order valence-corrected chi connectivity index (χ4v) is 3.06. The third kappa shape index (κ3) is 4.76. The molecule has 132 valence electrons. The van der Waals surface area contributed by atoms with E-state index in [1.54, 1.807) is 12.3 Å². The number of benzene rings is 1. The predicted molar refractivity (Wildman–Crippen MR) is 90.4 cm³/mol. The lowest BCUT2D eigenvalue weighted by Crippen LogP contribution is -2.42. The first-order valence-corrected chi connectivity index (χ1v) is 8.43. The second kappa shape index (κ2) is 8.07. The predicted octanol–water partition coefficient (Wildman–Crippen LogP) is 2.63. The van der Waals surface area contributed by atoms with E-state index in [4.69, 9.17) is 4.42 Å². The summed E-state index contributed by atoms with van der Waals surface area (Å²) in [7, 11) is 0. The Morgan fingerprint density at radius 1 is 1.16 bits per heavy atom. The van der Waals surface area contributed by atoms with Gasteiger partial charge in [-0.25, -0.2) is 4.39 Å². The lowest BCUT2D eigenvalue weighted by atomic mass is 9.89. The number of halogens is 1. The summed E-state index contributed by atoms with van der Waals surface area (Å²) < 4.78 is 18.1. The molecule has 1 aromatic heterocycles. The molecule has 0 bridgehead atoms. The summed E-state index contributed by atoms with van der Waals surface area (Å²) >= 11 is 0. The van der Waals surface area contributed by atoms with Crippen LogP contribution in [0, 0.1) is 11.7 Å². The average Bonchev–Trinajstić information content (AvgIpc) is 3.14. The number of piperidine rings is 1. The van der Waals surface area contributed by atoms with Gasteiger partial charge in [0.1, 0.15) is 11.6 Å². The van der Waals surface area contributed by atoms with Crippen molar-refractivity contribution in [3.63, 3.8) is 0 Å². The molecule has 5 nitrogen and oxygen atoms in total. The zero-order valence-corrected chi connectivity index (χ0v) is 13.9. The topological polar surface area (TPSA) is 62.6 Å². The molecule has 1 aliphatic rings. The van der Waals surface area contributed by atoms with E-state index in [-0.39, 0.29) is 23.4 Å². The summed E-state index contributed by atoms with van der Waals surface area (Å²) in [5.41, 5.74) is 0.552. The van der Waals surface area contributed by atoms with Crippen molar-refractivity contribution in [3.05, 3.63) is 59.8 Å². The summed E-state index contributed by atoms with van der Waals surface area (Å²) in [5, 5.41) is 2.82. The highest BCUT2D eigenvalue weighted by Gasteiger charge is 2.26. The number of ketones is 1. The second-order valence-corrected chi connectivity index (χ2v) is 6.28. The number of likely N-dealkylation sites (tertiary alicyclic amines) is 1. The van der Waals surface area contributed by atoms with Gasteiger partial charge in [-0.1, -0.05) is 0 Å². The fraction of sp³-hybridized carbons (Fsp3) is 0.368. The third-order valence-electron chi connectivity index (χ3n) is 4.49. The van der Waals surface area contributed by atoms with Gasteiger partial charge in [-0.3, -0.25) is 14.5 Å². The van der Waals surface area contributed by atoms with Gasteiger partial charge in [-0.15, -0.1) is 0 Å². The summed E-state index contributed by atoms with van der Waals surface area (Å²) in [6.45, 7) is 2.10. The van der Waals surface area contributed by atoms with Crippen LogP contribution in [0.15, 0.2) is 47.1 Å². The number of hydrogen-bond donors (Lipinski definition) is 1. The molecule has 1 aromatic carbocycles. The van der Waals surface area contributed by atoms with Crippen molar-refractivity contribution in [3.8, 4) is 0 Å². The molecule has 0 aliphatic carbocycles. The van der Waals surface area contributed by atoms with E-state index in [0.29, 0.717) is 44.6 Å². The molecule has 2 aromatic rings. The first-order chi connectivity index (χ1) is 12.1. The Morgan fingerprint density at radius 3 is 2.52 bits per heavy atom. The zero-order valence-electron chi connectivity index (χ0n) is 13.9. The smallest absolute Gasteiger partial charge is 0.234 e. The number of nitrogens with zero attached hydrogens (tertiary/aromatic N) is 1. The van der Waals surface area contributed by atoms with Crippen LogP contribution in [0.2, 0.25) is 0 Å². The lowest BCUT2D eigenvalue weighted by molar-refractivity contribution is -0.122. The maximum absolute atomic E-state index is 13.0. The number of Topliss-reactive ketones (excluding diaryl/α,β-unsaturated/α-hetero) is 1. The SMILES string of the molecule is O=C(CN1CCC(C(=O)c2ccc(F)cc2)CC1)NCc1ccco1. The third-order valence-corrected chi connectivity index (χ3v) is 4.49. The van der Waals surface area contributed by atoms with Crippen LogP contribution in [0.1, 0.15) is 29.0 Å². The summed E-state index contributed by atoms with van der Waals surface area (Å²) in [6, 6.07) is 9.28. The Morgan fingerprint density at radius 2 is 1.88 bits per heavy atom. The van der Waals surface area contributed by atoms with Crippen LogP contribution in [-0.4, -0.2) is 36.2 Å². The van der Waals surface area contributed by atoms with Gasteiger partial charge in [0.15, 0.2) is 5.78 Å². The number of furan rings is 1. The van der Waals surface area contributed by atoms with Gasteiger partial charge >= 0.3 is 0 Å². The van der Waals surface area contributed by atoms with Crippen molar-refractivity contribution >= 4 is 11.7 Å². The quantitative estimate of drug-likeness (QED) is 0.819. The largest absolute Gasteiger partial charge is 0.467 e. The molecule has 0 radical (unpaired) electrons. The summed E-state index contributed by atoms with van der Waals surface area (Å²) in [4.78, 5) is 26.5. The molecule has 3 rings (SSSR count). The van der Waals surface area contributed by atoms with Crippen molar-refractivity contribution < 1.29 is 18.4 Å². The van der Waals surface area contributed by atoms with Crippen LogP contribution >= 0.6 is 0 Å². The molecular weight excluding hydrogens is 323 g/mol. The molecule has 1 saturated heterocycles. The minimum atomic E-state index is -0.341. The molecule has 25 heavy (non-hydrogen) atoms. The first kappa shape index (κ1) is 17.4. The van der Waals surface area contributed by atoms with Gasteiger partial charge in [-0.05, 0) is 62.3 Å². The van der Waals surface area contributed by atoms with Crippen molar-refractivity contribution in [2.24, 2.45) is 5.92 Å². The fourth-order valence-electron chi connectivity index (χ4n) is 3.06. The van der Waals surface area contributed by atoms with Crippen molar-refractivity contribution in [1.82, 2.24) is 10.2 Å². The first-order valence-electron chi connectivity index (χ1n) is 8.43. The number of carbonyl (C=O) groups excluding carboxylic acids is 2. The summed E-state index contributed by atoms with van der Waals surface area (Å²) in [6.07, 6.45) is 2.99. The molecule has 0 atom stereocenters. The molecule has 6 heteroatoms. The molecule has 0 spiro atoms. The Balaban J connectivity index is 1.42. The number of hydrogen-bond acceptors (Lipinski definition) is 4. The Kier molecular flexibility index (Phi) is 5.60. The van der Waals surface area contributed by atoms with E-state index in [1.807, 2.05) is 11.0 Å². The van der Waals surface area contributed by atoms with Crippen LogP contribution < -0.4 is 5.32 Å². The minimum Gasteiger partial charge on any atom is -0.467 e. The molecule has 1 amide bonds. The number of nitrogens with one attached hydrogen (secondary N) is 1. The molecule has 2 heterocycles. The molecule has 1 fully saturated rings. The second-order valence-electron chi connectivity index (χ2n) is 6.28. The lowest BCUT2D eigenvalue weighted by Gasteiger charge is -2.30. The van der Waals surface area contributed by atoms with Crippen molar-refractivity contribution in [2.45, 2.75) is 19.4 Å². The van der Waals surface area contributed by atoms with Gasteiger partial charge < -0.3 is 9.73 Å². The van der Waals surface area contributed by atoms with Crippen LogP contribution in [0.5, 0.6) is 0 Å². The van der Waals surface area contributed by atoms with Gasteiger partial charge in [-0.2, -0.15) is 0 Å². The summed E-state index contributed by atoms with van der Waals surface area (Å²) in [5.74, 6) is 0.318. The van der Waals surface area contributed by atoms with Crippen LogP contribution in [0.25, 0.3) is 0 Å². The van der Waals surface area contributed by atoms with Crippen molar-refractivity contribution in [2.75, 3.05) is 19.6 Å². The molecular formula is C19H21FN2O3. The maximum atomic E-state index is 13.0.